The van der Waals surface area contributed by atoms with Gasteiger partial charge in [0.1, 0.15) is 0 Å². The van der Waals surface area contributed by atoms with Crippen LogP contribution >= 0.6 is 34.4 Å². The molecule has 0 saturated heterocycles. The van der Waals surface area contributed by atoms with E-state index >= 15 is 0 Å². The molecule has 0 aromatic rings. The molecule has 0 aliphatic rings. The van der Waals surface area contributed by atoms with Crippen LogP contribution in [0.25, 0.3) is 0 Å². The SMILES string of the molecule is CI.CSCCC[N+](C)(C)C.[I-]. The van der Waals surface area contributed by atoms with Crippen LogP contribution in [0.5, 0.6) is 0 Å². The minimum atomic E-state index is 0. The van der Waals surface area contributed by atoms with Crippen LogP contribution in [0.15, 0.2) is 0 Å². The maximum Gasteiger partial charge on any atom is 0.0788 e. The lowest BCUT2D eigenvalue weighted by molar-refractivity contribution is -0.870. The van der Waals surface area contributed by atoms with Crippen LogP contribution in [0.4, 0.5) is 0 Å². The van der Waals surface area contributed by atoms with Crippen LogP contribution in [-0.4, -0.2) is 49.1 Å². The van der Waals surface area contributed by atoms with E-state index in [0.29, 0.717) is 0 Å². The third-order valence-electron chi connectivity index (χ3n) is 1.18. The molecule has 0 saturated carbocycles. The Hall–Kier alpha value is 1.77. The predicted octanol–water partition coefficient (Wildman–Crippen LogP) is -0.499. The molecule has 0 aromatic heterocycles. The summed E-state index contributed by atoms with van der Waals surface area (Å²) in [6, 6.07) is 0. The molecule has 1 nitrogen and oxygen atoms in total. The summed E-state index contributed by atoms with van der Waals surface area (Å²) in [5, 5.41) is 0. The van der Waals surface area contributed by atoms with Crippen molar-refractivity contribution in [2.75, 3.05) is 44.6 Å². The highest BCUT2D eigenvalue weighted by Crippen LogP contribution is 1.99. The lowest BCUT2D eigenvalue weighted by atomic mass is 10.4. The number of nitrogens with zero attached hydrogens (tertiary/aromatic N) is 1. The molecule has 0 aromatic carbocycles. The molecule has 78 valence electrons. The largest absolute Gasteiger partial charge is 1.00 e. The molecule has 0 heterocycles. The fraction of sp³-hybridized carbons (Fsp3) is 1.00. The van der Waals surface area contributed by atoms with Gasteiger partial charge in [0, 0.05) is 6.42 Å². The van der Waals surface area contributed by atoms with Gasteiger partial charge < -0.3 is 28.5 Å². The number of hydrogen-bond donors (Lipinski definition) is 0. The first-order chi connectivity index (χ1) is 5.06. The normalized spacial score (nSPS) is 9.50. The number of rotatable bonds is 4. The van der Waals surface area contributed by atoms with Crippen molar-refractivity contribution in [2.24, 2.45) is 0 Å². The number of alkyl halides is 1. The highest BCUT2D eigenvalue weighted by Gasteiger charge is 2.03. The number of halogens is 2. The fourth-order valence-corrected chi connectivity index (χ4v) is 1.10. The van der Waals surface area contributed by atoms with E-state index in [2.05, 4.69) is 50.0 Å². The third kappa shape index (κ3) is 22.6. The van der Waals surface area contributed by atoms with Crippen LogP contribution in [0.2, 0.25) is 0 Å². The van der Waals surface area contributed by atoms with Crippen molar-refractivity contribution in [2.45, 2.75) is 6.42 Å². The van der Waals surface area contributed by atoms with Crippen molar-refractivity contribution < 1.29 is 28.5 Å². The highest BCUT2D eigenvalue weighted by atomic mass is 127. The van der Waals surface area contributed by atoms with E-state index in [4.69, 9.17) is 0 Å². The molecule has 4 heteroatoms. The van der Waals surface area contributed by atoms with Crippen molar-refractivity contribution in [1.29, 1.82) is 0 Å². The Morgan fingerprint density at radius 3 is 1.83 bits per heavy atom. The lowest BCUT2D eigenvalue weighted by Gasteiger charge is -2.23. The minimum absolute atomic E-state index is 0. The van der Waals surface area contributed by atoms with Crippen molar-refractivity contribution in [1.82, 2.24) is 0 Å². The summed E-state index contributed by atoms with van der Waals surface area (Å²) in [5.41, 5.74) is 0. The fourth-order valence-electron chi connectivity index (χ4n) is 0.683. The van der Waals surface area contributed by atoms with Gasteiger partial charge in [-0.15, -0.1) is 0 Å². The van der Waals surface area contributed by atoms with Crippen LogP contribution < -0.4 is 24.0 Å². The zero-order valence-electron chi connectivity index (χ0n) is 8.73. The molecule has 0 fully saturated rings. The molecule has 0 unspecified atom stereocenters. The maximum absolute atomic E-state index is 2.24. The van der Waals surface area contributed by atoms with Crippen molar-refractivity contribution >= 4 is 34.4 Å². The van der Waals surface area contributed by atoms with Gasteiger partial charge in [-0.25, -0.2) is 0 Å². The summed E-state index contributed by atoms with van der Waals surface area (Å²) in [4.78, 5) is 1.97. The topological polar surface area (TPSA) is 0 Å². The predicted molar refractivity (Wildman–Crippen MR) is 65.8 cm³/mol. The first kappa shape index (κ1) is 19.4. The van der Waals surface area contributed by atoms with Gasteiger partial charge in [0.2, 0.25) is 0 Å². The third-order valence-corrected chi connectivity index (χ3v) is 1.87. The second-order valence-electron chi connectivity index (χ2n) is 3.36. The van der Waals surface area contributed by atoms with E-state index in [9.17, 15) is 0 Å². The summed E-state index contributed by atoms with van der Waals surface area (Å²) in [7, 11) is 6.71. The summed E-state index contributed by atoms with van der Waals surface area (Å²) in [5.74, 6) is 1.30. The van der Waals surface area contributed by atoms with E-state index in [1.165, 1.54) is 18.7 Å². The monoisotopic (exact) mass is 417 g/mol. The Morgan fingerprint density at radius 1 is 1.17 bits per heavy atom. The van der Waals surface area contributed by atoms with E-state index < -0.39 is 0 Å². The van der Waals surface area contributed by atoms with Crippen molar-refractivity contribution in [3.05, 3.63) is 0 Å². The molecule has 0 amide bonds. The first-order valence-electron chi connectivity index (χ1n) is 3.73. The zero-order chi connectivity index (χ0) is 9.33. The summed E-state index contributed by atoms with van der Waals surface area (Å²) in [6.07, 6.45) is 3.50. The smallest absolute Gasteiger partial charge is 0.0788 e. The van der Waals surface area contributed by atoms with E-state index in [0.717, 1.165) is 4.48 Å². The van der Waals surface area contributed by atoms with Crippen molar-refractivity contribution in [3.8, 4) is 0 Å². The van der Waals surface area contributed by atoms with Crippen LogP contribution in [0.1, 0.15) is 6.42 Å². The molecule has 0 bridgehead atoms. The second kappa shape index (κ2) is 12.8. The zero-order valence-corrected chi connectivity index (χ0v) is 13.9. The van der Waals surface area contributed by atoms with Crippen LogP contribution in [-0.2, 0) is 0 Å². The lowest BCUT2D eigenvalue weighted by Crippen LogP contribution is -3.00. The number of quaternary nitrogens is 1. The van der Waals surface area contributed by atoms with Crippen LogP contribution in [0.3, 0.4) is 0 Å². The maximum atomic E-state index is 2.24. The van der Waals surface area contributed by atoms with E-state index in [1.54, 1.807) is 0 Å². The molecule has 0 radical (unpaired) electrons. The van der Waals surface area contributed by atoms with E-state index in [1.807, 2.05) is 16.7 Å². The van der Waals surface area contributed by atoms with Gasteiger partial charge in [0.15, 0.2) is 0 Å². The van der Waals surface area contributed by atoms with Gasteiger partial charge in [-0.05, 0) is 16.9 Å². The number of hydrogen-bond acceptors (Lipinski definition) is 1. The quantitative estimate of drug-likeness (QED) is 0.258. The van der Waals surface area contributed by atoms with Crippen molar-refractivity contribution in [3.63, 3.8) is 0 Å². The molecule has 0 N–H and O–H groups in total. The Morgan fingerprint density at radius 2 is 1.58 bits per heavy atom. The van der Waals surface area contributed by atoms with Crippen LogP contribution in [0, 0.1) is 0 Å². The Balaban J connectivity index is -0.000000249. The molecular weight excluding hydrogens is 396 g/mol. The summed E-state index contributed by atoms with van der Waals surface area (Å²) in [6.45, 7) is 1.29. The highest BCUT2D eigenvalue weighted by molar-refractivity contribution is 14.1. The molecule has 0 spiro atoms. The average molecular weight is 417 g/mol. The molecular formula is C8H21I2NS. The minimum Gasteiger partial charge on any atom is -1.00 e. The summed E-state index contributed by atoms with van der Waals surface area (Å²) < 4.78 is 1.10. The average Bonchev–Trinajstić information content (AvgIpc) is 1.90. The Bertz CT molecular complexity index is 73.9. The molecule has 12 heavy (non-hydrogen) atoms. The summed E-state index contributed by atoms with van der Waals surface area (Å²) >= 11 is 4.08. The van der Waals surface area contributed by atoms with Gasteiger partial charge in [-0.2, -0.15) is 11.8 Å². The molecule has 0 aliphatic heterocycles. The molecule has 0 rings (SSSR count). The first-order valence-corrected chi connectivity index (χ1v) is 7.28. The van der Waals surface area contributed by atoms with Gasteiger partial charge >= 0.3 is 0 Å². The van der Waals surface area contributed by atoms with E-state index in [-0.39, 0.29) is 24.0 Å². The standard InChI is InChI=1S/C7H18NS.CH3I.HI/c1-8(2,3)6-5-7-9-4;1-2;/h5-7H2,1-4H3;1H3;1H/q+1;;/p-1. The van der Waals surface area contributed by atoms with Gasteiger partial charge in [-0.3, -0.25) is 0 Å². The van der Waals surface area contributed by atoms with Gasteiger partial charge in [-0.1, -0.05) is 22.6 Å². The number of thioether (sulfide) groups is 1. The second-order valence-corrected chi connectivity index (χ2v) is 4.35. The molecule has 0 aliphatic carbocycles. The Kier molecular flexibility index (Phi) is 20.6. The molecule has 0 atom stereocenters. The Labute approximate surface area is 113 Å². The van der Waals surface area contributed by atoms with Gasteiger partial charge in [0.25, 0.3) is 0 Å². The van der Waals surface area contributed by atoms with Gasteiger partial charge in [0.05, 0.1) is 27.7 Å².